The maximum atomic E-state index is 13.8. The van der Waals surface area contributed by atoms with Crippen molar-refractivity contribution < 1.29 is 23.8 Å². The normalized spacial score (nSPS) is 14.4. The van der Waals surface area contributed by atoms with Crippen molar-refractivity contribution in [3.63, 3.8) is 0 Å². The molecule has 0 bridgehead atoms. The number of ether oxygens (including phenoxy) is 3. The van der Waals surface area contributed by atoms with Crippen LogP contribution >= 0.6 is 23.1 Å². The number of nitrogens with one attached hydrogen (secondary N) is 3. The van der Waals surface area contributed by atoms with Gasteiger partial charge in [0.1, 0.15) is 6.04 Å². The number of carbonyl (C=O) groups excluding carboxylic acids is 2. The van der Waals surface area contributed by atoms with Crippen molar-refractivity contribution >= 4 is 40.6 Å². The van der Waals surface area contributed by atoms with Crippen LogP contribution in [0.1, 0.15) is 47.6 Å². The fourth-order valence-electron chi connectivity index (χ4n) is 5.45. The fourth-order valence-corrected chi connectivity index (χ4v) is 6.70. The summed E-state index contributed by atoms with van der Waals surface area (Å²) in [7, 11) is 4.68. The molecule has 4 rings (SSSR count). The van der Waals surface area contributed by atoms with Gasteiger partial charge >= 0.3 is 0 Å². The summed E-state index contributed by atoms with van der Waals surface area (Å²) in [4.78, 5) is 43.8. The van der Waals surface area contributed by atoms with E-state index in [0.717, 1.165) is 33.1 Å². The molecule has 1 aromatic heterocycles. The van der Waals surface area contributed by atoms with E-state index in [1.807, 2.05) is 30.7 Å². The van der Waals surface area contributed by atoms with Crippen molar-refractivity contribution in [3.05, 3.63) is 61.7 Å². The molecular formula is C32H40N4O6S2. The Balaban J connectivity index is 1.75. The van der Waals surface area contributed by atoms with Crippen LogP contribution in [-0.2, 0) is 22.4 Å². The van der Waals surface area contributed by atoms with Crippen molar-refractivity contribution in [1.82, 2.24) is 15.6 Å². The SMILES string of the molecule is COc1cc2c(c(OC)c1OC)-c1ccc(N[C@H](CCSC)C(=O)NCCc3nc(C)cs3)c(=O)cc1[C@H](NC(C)=O)CC2. The first-order valence-corrected chi connectivity index (χ1v) is 16.7. The highest BCUT2D eigenvalue weighted by atomic mass is 32.2. The smallest absolute Gasteiger partial charge is 0.242 e. The van der Waals surface area contributed by atoms with Crippen molar-refractivity contribution in [2.45, 2.75) is 51.6 Å². The minimum absolute atomic E-state index is 0.181. The van der Waals surface area contributed by atoms with E-state index in [1.54, 1.807) is 56.6 Å². The van der Waals surface area contributed by atoms with Gasteiger partial charge in [-0.2, -0.15) is 11.8 Å². The molecule has 0 spiro atoms. The van der Waals surface area contributed by atoms with E-state index in [-0.39, 0.29) is 22.9 Å². The van der Waals surface area contributed by atoms with Gasteiger partial charge in [0, 0.05) is 36.5 Å². The number of amides is 2. The first kappa shape index (κ1) is 33.1. The number of nitrogens with zero attached hydrogens (tertiary/aromatic N) is 1. The molecule has 0 saturated carbocycles. The minimum Gasteiger partial charge on any atom is -0.493 e. The summed E-state index contributed by atoms with van der Waals surface area (Å²) in [5.74, 6) is 1.80. The Bertz CT molecular complexity index is 1560. The second-order valence-corrected chi connectivity index (χ2v) is 12.4. The van der Waals surface area contributed by atoms with Gasteiger partial charge in [0.15, 0.2) is 11.5 Å². The fraction of sp³-hybridized carbons (Fsp3) is 0.438. The molecule has 236 valence electrons. The number of aromatic nitrogens is 1. The summed E-state index contributed by atoms with van der Waals surface area (Å²) in [6.45, 7) is 3.86. The average Bonchev–Trinajstić information content (AvgIpc) is 3.28. The highest BCUT2D eigenvalue weighted by Crippen LogP contribution is 2.50. The van der Waals surface area contributed by atoms with E-state index in [1.165, 1.54) is 6.92 Å². The van der Waals surface area contributed by atoms with Gasteiger partial charge in [0.05, 0.1) is 38.1 Å². The Labute approximate surface area is 266 Å². The van der Waals surface area contributed by atoms with Gasteiger partial charge in [0.2, 0.25) is 23.0 Å². The highest BCUT2D eigenvalue weighted by Gasteiger charge is 2.30. The molecule has 3 aromatic rings. The number of anilines is 1. The number of thioether (sulfide) groups is 1. The molecule has 10 nitrogen and oxygen atoms in total. The summed E-state index contributed by atoms with van der Waals surface area (Å²) in [6.07, 6.45) is 4.31. The maximum absolute atomic E-state index is 13.8. The summed E-state index contributed by atoms with van der Waals surface area (Å²) in [5, 5.41) is 12.2. The standard InChI is InChI=1S/C32H40N4O6S2/c1-18-17-44-28(34-18)11-13-33-32(39)25(12-14-43-6)36-24-10-8-21-22(16-26(24)38)23(35-19(2)37)9-7-20-15-27(40-3)30(41-4)31(42-5)29(20)21/h8,10,15-17,23,25H,7,9,11-14H2,1-6H3,(H,33,39)(H,35,37)(H,36,38)/t23-,25-/m1/s1. The first-order valence-electron chi connectivity index (χ1n) is 14.4. The third kappa shape index (κ3) is 7.65. The molecule has 1 aliphatic carbocycles. The number of thiazole rings is 1. The summed E-state index contributed by atoms with van der Waals surface area (Å²) in [5.41, 5.74) is 4.06. The number of hydrogen-bond donors (Lipinski definition) is 3. The maximum Gasteiger partial charge on any atom is 0.242 e. The van der Waals surface area contributed by atoms with E-state index in [2.05, 4.69) is 20.9 Å². The second-order valence-electron chi connectivity index (χ2n) is 10.5. The molecule has 0 radical (unpaired) electrons. The lowest BCUT2D eigenvalue weighted by Crippen LogP contribution is -2.41. The number of rotatable bonds is 13. The zero-order valence-electron chi connectivity index (χ0n) is 26.0. The van der Waals surface area contributed by atoms with E-state index >= 15 is 0 Å². The first-order chi connectivity index (χ1) is 21.2. The zero-order valence-corrected chi connectivity index (χ0v) is 27.6. The topological polar surface area (TPSA) is 128 Å². The molecule has 2 aromatic carbocycles. The third-order valence-electron chi connectivity index (χ3n) is 7.48. The van der Waals surface area contributed by atoms with Crippen LogP contribution in [0.5, 0.6) is 17.2 Å². The second kappa shape index (κ2) is 15.3. The predicted octanol–water partition coefficient (Wildman–Crippen LogP) is 4.52. The minimum atomic E-state index is -0.618. The molecule has 1 aliphatic rings. The largest absolute Gasteiger partial charge is 0.493 e. The summed E-state index contributed by atoms with van der Waals surface area (Å²) in [6, 6.07) is 5.98. The van der Waals surface area contributed by atoms with E-state index < -0.39 is 12.1 Å². The number of fused-ring (bicyclic) bond motifs is 3. The van der Waals surface area contributed by atoms with E-state index in [9.17, 15) is 14.4 Å². The van der Waals surface area contributed by atoms with Gasteiger partial charge in [-0.05, 0) is 73.1 Å². The molecular weight excluding hydrogens is 601 g/mol. The monoisotopic (exact) mass is 640 g/mol. The number of methoxy groups -OCH3 is 3. The van der Waals surface area contributed by atoms with E-state index in [4.69, 9.17) is 14.2 Å². The van der Waals surface area contributed by atoms with Gasteiger partial charge in [0.25, 0.3) is 0 Å². The van der Waals surface area contributed by atoms with Crippen LogP contribution in [0.15, 0.2) is 34.4 Å². The molecule has 44 heavy (non-hydrogen) atoms. The lowest BCUT2D eigenvalue weighted by molar-refractivity contribution is -0.122. The molecule has 0 aliphatic heterocycles. The lowest BCUT2D eigenvalue weighted by atomic mass is 9.95. The summed E-state index contributed by atoms with van der Waals surface area (Å²) < 4.78 is 17.1. The molecule has 2 amide bonds. The Kier molecular flexibility index (Phi) is 11.5. The van der Waals surface area contributed by atoms with Gasteiger partial charge in [-0.1, -0.05) is 6.07 Å². The quantitative estimate of drug-likeness (QED) is 0.247. The van der Waals surface area contributed by atoms with Crippen LogP contribution in [0, 0.1) is 6.92 Å². The molecule has 1 heterocycles. The average molecular weight is 641 g/mol. The van der Waals surface area contributed by atoms with Crippen LogP contribution in [0.2, 0.25) is 0 Å². The number of hydrogen-bond acceptors (Lipinski definition) is 10. The van der Waals surface area contributed by atoms with Crippen LogP contribution in [-0.4, -0.2) is 62.7 Å². The molecule has 0 fully saturated rings. The highest BCUT2D eigenvalue weighted by molar-refractivity contribution is 7.98. The summed E-state index contributed by atoms with van der Waals surface area (Å²) >= 11 is 3.21. The molecule has 0 saturated heterocycles. The molecule has 12 heteroatoms. The Morgan fingerprint density at radius 2 is 1.91 bits per heavy atom. The van der Waals surface area contributed by atoms with Gasteiger partial charge in [-0.25, -0.2) is 4.98 Å². The molecule has 3 N–H and O–H groups in total. The van der Waals surface area contributed by atoms with Crippen LogP contribution in [0.25, 0.3) is 11.1 Å². The van der Waals surface area contributed by atoms with Crippen molar-refractivity contribution in [1.29, 1.82) is 0 Å². The van der Waals surface area contributed by atoms with Crippen LogP contribution < -0.4 is 35.6 Å². The Morgan fingerprint density at radius 3 is 2.55 bits per heavy atom. The number of benzene rings is 1. The van der Waals surface area contributed by atoms with Gasteiger partial charge in [-0.3, -0.25) is 14.4 Å². The molecule has 2 atom stereocenters. The van der Waals surface area contributed by atoms with Crippen molar-refractivity contribution in [2.75, 3.05) is 45.2 Å². The van der Waals surface area contributed by atoms with Crippen LogP contribution in [0.3, 0.4) is 0 Å². The number of aryl methyl sites for hydroxylation is 2. The lowest BCUT2D eigenvalue weighted by Gasteiger charge is -2.19. The Hall–Kier alpha value is -3.77. The van der Waals surface area contributed by atoms with Gasteiger partial charge in [-0.15, -0.1) is 11.3 Å². The third-order valence-corrected chi connectivity index (χ3v) is 9.15. The van der Waals surface area contributed by atoms with Crippen molar-refractivity contribution in [3.8, 4) is 28.4 Å². The van der Waals surface area contributed by atoms with Gasteiger partial charge < -0.3 is 30.2 Å². The molecule has 0 unspecified atom stereocenters. The Morgan fingerprint density at radius 1 is 1.14 bits per heavy atom. The zero-order chi connectivity index (χ0) is 31.8. The predicted molar refractivity (Wildman–Crippen MR) is 177 cm³/mol. The van der Waals surface area contributed by atoms with E-state index in [0.29, 0.717) is 55.0 Å². The van der Waals surface area contributed by atoms with Crippen LogP contribution in [0.4, 0.5) is 5.69 Å². The number of carbonyl (C=O) groups is 2. The van der Waals surface area contributed by atoms with Crippen molar-refractivity contribution in [2.24, 2.45) is 0 Å².